The van der Waals surface area contributed by atoms with E-state index in [1.807, 2.05) is 18.2 Å². The fourth-order valence-electron chi connectivity index (χ4n) is 7.68. The van der Waals surface area contributed by atoms with Crippen LogP contribution in [0.4, 0.5) is 0 Å². The molecule has 3 fully saturated rings. The van der Waals surface area contributed by atoms with Gasteiger partial charge in [0.1, 0.15) is 18.3 Å². The number of hydrogen-bond acceptors (Lipinski definition) is 5. The van der Waals surface area contributed by atoms with Crippen molar-refractivity contribution < 1.29 is 23.4 Å². The minimum atomic E-state index is -2.61. The van der Waals surface area contributed by atoms with Crippen molar-refractivity contribution in [2.24, 2.45) is 5.92 Å². The van der Waals surface area contributed by atoms with Gasteiger partial charge in [-0.25, -0.2) is 0 Å². The normalized spacial score (nSPS) is 28.1. The van der Waals surface area contributed by atoms with Crippen LogP contribution in [0.3, 0.4) is 0 Å². The van der Waals surface area contributed by atoms with Crippen LogP contribution in [0.2, 0.25) is 5.04 Å². The van der Waals surface area contributed by atoms with E-state index in [1.54, 1.807) is 0 Å². The van der Waals surface area contributed by atoms with Crippen LogP contribution in [0.25, 0.3) is 0 Å². The van der Waals surface area contributed by atoms with E-state index in [4.69, 9.17) is 23.4 Å². The molecule has 3 saturated heterocycles. The molecular formula is C41H52O5Si. The number of hydrogen-bond donors (Lipinski definition) is 0. The molecule has 0 aromatic heterocycles. The highest BCUT2D eigenvalue weighted by atomic mass is 28.4. The summed E-state index contributed by atoms with van der Waals surface area (Å²) in [5.41, 5.74) is 0.889. The summed E-state index contributed by atoms with van der Waals surface area (Å²) in [5, 5.41) is 2.57. The van der Waals surface area contributed by atoms with E-state index < -0.39 is 14.1 Å². The van der Waals surface area contributed by atoms with E-state index in [9.17, 15) is 0 Å². The van der Waals surface area contributed by atoms with Gasteiger partial charge in [0.2, 0.25) is 0 Å². The van der Waals surface area contributed by atoms with Gasteiger partial charge in [0.15, 0.2) is 5.79 Å². The number of benzene rings is 3. The zero-order valence-corrected chi connectivity index (χ0v) is 29.9. The van der Waals surface area contributed by atoms with Crippen LogP contribution in [0.1, 0.15) is 78.7 Å². The van der Waals surface area contributed by atoms with Gasteiger partial charge in [-0.05, 0) is 47.2 Å². The van der Waals surface area contributed by atoms with Gasteiger partial charge in [-0.3, -0.25) is 0 Å². The Morgan fingerprint density at radius 1 is 0.830 bits per heavy atom. The molecular weight excluding hydrogens is 601 g/mol. The largest absolute Gasteiger partial charge is 0.407 e. The van der Waals surface area contributed by atoms with Crippen LogP contribution in [-0.2, 0) is 30.0 Å². The molecule has 0 N–H and O–H groups in total. The van der Waals surface area contributed by atoms with Gasteiger partial charge in [0.25, 0.3) is 8.32 Å². The summed E-state index contributed by atoms with van der Waals surface area (Å²) in [6.07, 6.45) is 5.79. The lowest BCUT2D eigenvalue weighted by atomic mass is 9.92. The van der Waals surface area contributed by atoms with Crippen LogP contribution in [0.5, 0.6) is 0 Å². The molecule has 5 nitrogen and oxygen atoms in total. The Morgan fingerprint density at radius 3 is 2.11 bits per heavy atom. The van der Waals surface area contributed by atoms with Crippen molar-refractivity contribution in [3.8, 4) is 11.8 Å². The zero-order chi connectivity index (χ0) is 33.0. The molecule has 0 unspecified atom stereocenters. The molecule has 6 atom stereocenters. The maximum absolute atomic E-state index is 7.29. The van der Waals surface area contributed by atoms with E-state index in [2.05, 4.69) is 119 Å². The lowest BCUT2D eigenvalue weighted by Crippen LogP contribution is -2.67. The molecule has 3 aromatic rings. The number of rotatable bonds is 11. The molecule has 0 bridgehead atoms. The smallest absolute Gasteiger partial charge is 0.261 e. The Kier molecular flexibility index (Phi) is 10.4. The van der Waals surface area contributed by atoms with Crippen LogP contribution < -0.4 is 10.4 Å². The van der Waals surface area contributed by atoms with Crippen molar-refractivity contribution in [3.63, 3.8) is 0 Å². The third-order valence-electron chi connectivity index (χ3n) is 10.3. The summed E-state index contributed by atoms with van der Waals surface area (Å²) in [6, 6.07) is 32.0. The molecule has 0 saturated carbocycles. The van der Waals surface area contributed by atoms with Gasteiger partial charge in [0, 0.05) is 31.8 Å². The van der Waals surface area contributed by atoms with Crippen LogP contribution in [0.15, 0.2) is 91.0 Å². The van der Waals surface area contributed by atoms with Gasteiger partial charge >= 0.3 is 0 Å². The fraction of sp³-hybridized carbons (Fsp3) is 0.512. The minimum Gasteiger partial charge on any atom is -0.407 e. The Hall–Kier alpha value is -2.76. The molecule has 0 radical (unpaired) electrons. The fourth-order valence-corrected chi connectivity index (χ4v) is 12.4. The Morgan fingerprint density at radius 2 is 1.47 bits per heavy atom. The van der Waals surface area contributed by atoms with Crippen LogP contribution in [-0.4, -0.2) is 51.2 Å². The van der Waals surface area contributed by atoms with Crippen molar-refractivity contribution in [1.82, 2.24) is 0 Å². The molecule has 6 heteroatoms. The summed E-state index contributed by atoms with van der Waals surface area (Å²) in [5.74, 6) is 6.16. The second kappa shape index (κ2) is 14.4. The number of epoxide rings is 1. The average molecular weight is 653 g/mol. The van der Waals surface area contributed by atoms with E-state index in [-0.39, 0.29) is 34.9 Å². The Balaban J connectivity index is 1.04. The van der Waals surface area contributed by atoms with E-state index in [0.29, 0.717) is 26.2 Å². The van der Waals surface area contributed by atoms with Crippen molar-refractivity contribution in [1.29, 1.82) is 0 Å². The Labute approximate surface area is 283 Å². The van der Waals surface area contributed by atoms with E-state index in [1.165, 1.54) is 10.4 Å². The van der Waals surface area contributed by atoms with E-state index in [0.717, 1.165) is 37.7 Å². The van der Waals surface area contributed by atoms with Crippen molar-refractivity contribution >= 4 is 18.7 Å². The van der Waals surface area contributed by atoms with Gasteiger partial charge in [0.05, 0.1) is 18.8 Å². The lowest BCUT2D eigenvalue weighted by Gasteiger charge is -2.45. The SMILES string of the molecule is C[C@@H](CO[Si](c1ccccc1)(c1ccccc1)C(C)(C)C)[C@@H]1CCC[C@]2(CC[C@@H]([C@@H]3O[C@]3(C)CC#CCOCc3ccccc3)O2)O1. The summed E-state index contributed by atoms with van der Waals surface area (Å²) in [7, 11) is -2.61. The standard InChI is InChI=1S/C41H52O5Si/c1-32(30-43-47(39(2,3)4,34-20-11-7-12-21-34)35-22-13-8-14-23-35)36-24-17-27-41(44-36)28-25-37(45-41)38-40(5,46-38)26-15-16-29-42-31-33-18-9-6-10-19-33/h6-14,18-23,32,36-38H,17,24-31H2,1-5H3/t32-,36-,37-,38-,40+,41-/m0/s1. The first-order valence-electron chi connectivity index (χ1n) is 17.5. The first-order chi connectivity index (χ1) is 22.6. The van der Waals surface area contributed by atoms with Crippen LogP contribution in [0, 0.1) is 17.8 Å². The first-order valence-corrected chi connectivity index (χ1v) is 19.4. The highest BCUT2D eigenvalue weighted by Gasteiger charge is 2.60. The summed E-state index contributed by atoms with van der Waals surface area (Å²) < 4.78 is 32.9. The van der Waals surface area contributed by atoms with Crippen molar-refractivity contribution in [3.05, 3.63) is 96.6 Å². The molecule has 6 rings (SSSR count). The zero-order valence-electron chi connectivity index (χ0n) is 28.9. The van der Waals surface area contributed by atoms with Gasteiger partial charge in [-0.1, -0.05) is 131 Å². The van der Waals surface area contributed by atoms with E-state index >= 15 is 0 Å². The highest BCUT2D eigenvalue weighted by Crippen LogP contribution is 2.50. The molecule has 3 aliphatic heterocycles. The van der Waals surface area contributed by atoms with Gasteiger partial charge in [-0.2, -0.15) is 0 Å². The molecule has 47 heavy (non-hydrogen) atoms. The Bertz CT molecular complexity index is 1460. The predicted octanol–water partition coefficient (Wildman–Crippen LogP) is 7.41. The quantitative estimate of drug-likeness (QED) is 0.0935. The van der Waals surface area contributed by atoms with Crippen LogP contribution >= 0.6 is 0 Å². The second-order valence-electron chi connectivity index (χ2n) is 15.0. The molecule has 250 valence electrons. The topological polar surface area (TPSA) is 49.5 Å². The molecule has 1 spiro atoms. The van der Waals surface area contributed by atoms with Crippen molar-refractivity contribution in [2.75, 3.05) is 13.2 Å². The maximum Gasteiger partial charge on any atom is 0.261 e. The maximum atomic E-state index is 7.29. The lowest BCUT2D eigenvalue weighted by molar-refractivity contribution is -0.280. The third kappa shape index (κ3) is 7.62. The second-order valence-corrected chi connectivity index (χ2v) is 19.3. The molecule has 0 aliphatic carbocycles. The summed E-state index contributed by atoms with van der Waals surface area (Å²) >= 11 is 0. The third-order valence-corrected chi connectivity index (χ3v) is 15.3. The molecule has 0 amide bonds. The van der Waals surface area contributed by atoms with Gasteiger partial charge in [-0.15, -0.1) is 0 Å². The van der Waals surface area contributed by atoms with Gasteiger partial charge < -0.3 is 23.4 Å². The van der Waals surface area contributed by atoms with Crippen molar-refractivity contribution in [2.45, 2.75) is 114 Å². The average Bonchev–Trinajstić information content (AvgIpc) is 3.60. The molecule has 3 aliphatic rings. The molecule has 3 heterocycles. The minimum absolute atomic E-state index is 0.0403. The number of ether oxygens (including phenoxy) is 4. The predicted molar refractivity (Wildman–Crippen MR) is 190 cm³/mol. The molecule has 3 aromatic carbocycles. The first kappa shape index (κ1) is 34.1. The summed E-state index contributed by atoms with van der Waals surface area (Å²) in [6.45, 7) is 13.1. The summed E-state index contributed by atoms with van der Waals surface area (Å²) in [4.78, 5) is 0. The monoisotopic (exact) mass is 652 g/mol. The highest BCUT2D eigenvalue weighted by molar-refractivity contribution is 6.99.